The molecule has 3 nitrogen and oxygen atoms in total. The number of morpholine rings is 1. The van der Waals surface area contributed by atoms with E-state index in [1.54, 1.807) is 0 Å². The highest BCUT2D eigenvalue weighted by Gasteiger charge is 2.43. The molecule has 0 aromatic carbocycles. The average Bonchev–Trinajstić information content (AvgIpc) is 2.04. The molecule has 2 N–H and O–H groups in total. The fourth-order valence-electron chi connectivity index (χ4n) is 1.48. The van der Waals surface area contributed by atoms with E-state index in [1.165, 1.54) is 0 Å². The lowest BCUT2D eigenvalue weighted by molar-refractivity contribution is -0.156. The van der Waals surface area contributed by atoms with Gasteiger partial charge in [-0.1, -0.05) is 20.8 Å². The summed E-state index contributed by atoms with van der Waals surface area (Å²) in [6.45, 7) is 8.69. The van der Waals surface area contributed by atoms with Crippen LogP contribution in [0.25, 0.3) is 0 Å². The molecule has 1 aliphatic rings. The quantitative estimate of drug-likeness (QED) is 0.602. The van der Waals surface area contributed by atoms with Crippen molar-refractivity contribution in [1.29, 1.82) is 0 Å². The number of ether oxygens (including phenoxy) is 1. The average molecular weight is 173 g/mol. The maximum atomic E-state index is 9.31. The Morgan fingerprint density at radius 2 is 2.17 bits per heavy atom. The minimum Gasteiger partial charge on any atom is -0.393 e. The van der Waals surface area contributed by atoms with Crippen LogP contribution >= 0.6 is 0 Å². The van der Waals surface area contributed by atoms with Crippen molar-refractivity contribution in [1.82, 2.24) is 5.32 Å². The fourth-order valence-corrected chi connectivity index (χ4v) is 1.48. The third-order valence-electron chi connectivity index (χ3n) is 2.69. The lowest BCUT2D eigenvalue weighted by atomic mass is 9.76. The highest BCUT2D eigenvalue weighted by atomic mass is 16.5. The van der Waals surface area contributed by atoms with Gasteiger partial charge in [-0.25, -0.2) is 0 Å². The zero-order valence-corrected chi connectivity index (χ0v) is 8.18. The summed E-state index contributed by atoms with van der Waals surface area (Å²) in [4.78, 5) is 0. The van der Waals surface area contributed by atoms with Crippen LogP contribution in [-0.2, 0) is 4.74 Å². The van der Waals surface area contributed by atoms with Crippen molar-refractivity contribution in [3.8, 4) is 0 Å². The molecule has 1 fully saturated rings. The van der Waals surface area contributed by atoms with Gasteiger partial charge in [0.1, 0.15) is 5.60 Å². The van der Waals surface area contributed by atoms with Crippen molar-refractivity contribution in [2.45, 2.75) is 26.4 Å². The summed E-state index contributed by atoms with van der Waals surface area (Å²) in [5, 5.41) is 12.6. The normalized spacial score (nSPS) is 32.0. The van der Waals surface area contributed by atoms with Crippen molar-refractivity contribution in [3.63, 3.8) is 0 Å². The summed E-state index contributed by atoms with van der Waals surface area (Å²) in [7, 11) is 0. The second-order valence-electron chi connectivity index (χ2n) is 4.43. The molecule has 1 aliphatic heterocycles. The zero-order chi connectivity index (χ0) is 9.24. The Labute approximate surface area is 74.1 Å². The minimum atomic E-state index is -0.398. The molecule has 0 bridgehead atoms. The molecule has 0 spiro atoms. The van der Waals surface area contributed by atoms with Crippen LogP contribution in [0.2, 0.25) is 0 Å². The monoisotopic (exact) mass is 173 g/mol. The molecular formula is C9H19NO2. The van der Waals surface area contributed by atoms with Crippen molar-refractivity contribution in [3.05, 3.63) is 0 Å². The molecule has 3 heteroatoms. The van der Waals surface area contributed by atoms with Crippen LogP contribution in [-0.4, -0.2) is 37.0 Å². The van der Waals surface area contributed by atoms with Crippen LogP contribution in [0.1, 0.15) is 20.8 Å². The lowest BCUT2D eigenvalue weighted by Crippen LogP contribution is -2.59. The van der Waals surface area contributed by atoms with Crippen LogP contribution in [0.3, 0.4) is 0 Å². The third-order valence-corrected chi connectivity index (χ3v) is 2.69. The van der Waals surface area contributed by atoms with Crippen LogP contribution in [0.15, 0.2) is 0 Å². The zero-order valence-electron chi connectivity index (χ0n) is 8.18. The topological polar surface area (TPSA) is 41.5 Å². The molecule has 0 amide bonds. The molecule has 1 atom stereocenters. The van der Waals surface area contributed by atoms with Crippen molar-refractivity contribution < 1.29 is 9.84 Å². The summed E-state index contributed by atoms with van der Waals surface area (Å²) in [6, 6.07) is 0. The first-order valence-corrected chi connectivity index (χ1v) is 4.47. The largest absolute Gasteiger partial charge is 0.393 e. The Kier molecular flexibility index (Phi) is 2.76. The van der Waals surface area contributed by atoms with E-state index in [0.717, 1.165) is 13.1 Å². The molecular weight excluding hydrogens is 154 g/mol. The van der Waals surface area contributed by atoms with Gasteiger partial charge in [0.25, 0.3) is 0 Å². The van der Waals surface area contributed by atoms with Gasteiger partial charge in [-0.15, -0.1) is 0 Å². The molecule has 0 aliphatic carbocycles. The van der Waals surface area contributed by atoms with E-state index in [9.17, 15) is 5.11 Å². The van der Waals surface area contributed by atoms with Gasteiger partial charge in [0.05, 0.1) is 13.2 Å². The van der Waals surface area contributed by atoms with Gasteiger partial charge in [-0.2, -0.15) is 0 Å². The first kappa shape index (κ1) is 9.96. The van der Waals surface area contributed by atoms with Crippen molar-refractivity contribution >= 4 is 0 Å². The van der Waals surface area contributed by atoms with Crippen molar-refractivity contribution in [2.24, 2.45) is 5.41 Å². The van der Waals surface area contributed by atoms with Crippen LogP contribution in [0.5, 0.6) is 0 Å². The summed E-state index contributed by atoms with van der Waals surface area (Å²) >= 11 is 0. The van der Waals surface area contributed by atoms with Gasteiger partial charge in [0.2, 0.25) is 0 Å². The van der Waals surface area contributed by atoms with E-state index in [4.69, 9.17) is 4.74 Å². The summed E-state index contributed by atoms with van der Waals surface area (Å²) in [5.41, 5.74) is -0.416. The van der Waals surface area contributed by atoms with Gasteiger partial charge >= 0.3 is 0 Å². The molecule has 12 heavy (non-hydrogen) atoms. The van der Waals surface area contributed by atoms with Crippen LogP contribution < -0.4 is 5.32 Å². The van der Waals surface area contributed by atoms with E-state index in [0.29, 0.717) is 6.61 Å². The Hall–Kier alpha value is -0.120. The SMILES string of the molecule is CC(C)(C)C1(CO)CNCCO1. The lowest BCUT2D eigenvalue weighted by Gasteiger charge is -2.45. The molecule has 72 valence electrons. The predicted molar refractivity (Wildman–Crippen MR) is 48.1 cm³/mol. The third kappa shape index (κ3) is 1.63. The number of aliphatic hydroxyl groups excluding tert-OH is 1. The van der Waals surface area contributed by atoms with Crippen LogP contribution in [0.4, 0.5) is 0 Å². The number of hydrogen-bond donors (Lipinski definition) is 2. The van der Waals surface area contributed by atoms with E-state index in [1.807, 2.05) is 0 Å². The van der Waals surface area contributed by atoms with E-state index < -0.39 is 5.60 Å². The number of hydrogen-bond acceptors (Lipinski definition) is 3. The molecule has 1 rings (SSSR count). The Morgan fingerprint density at radius 1 is 1.50 bits per heavy atom. The number of rotatable bonds is 1. The van der Waals surface area contributed by atoms with Crippen LogP contribution in [0, 0.1) is 5.41 Å². The van der Waals surface area contributed by atoms with Crippen molar-refractivity contribution in [2.75, 3.05) is 26.3 Å². The smallest absolute Gasteiger partial charge is 0.108 e. The fraction of sp³-hybridized carbons (Fsp3) is 1.00. The molecule has 0 aromatic rings. The molecule has 0 saturated carbocycles. The highest BCUT2D eigenvalue weighted by Crippen LogP contribution is 2.34. The first-order chi connectivity index (χ1) is 5.52. The first-order valence-electron chi connectivity index (χ1n) is 4.47. The Balaban J connectivity index is 2.73. The molecule has 0 radical (unpaired) electrons. The summed E-state index contributed by atoms with van der Waals surface area (Å²) < 4.78 is 5.67. The van der Waals surface area contributed by atoms with Gasteiger partial charge in [-0.3, -0.25) is 0 Å². The molecule has 1 heterocycles. The van der Waals surface area contributed by atoms with E-state index in [-0.39, 0.29) is 12.0 Å². The minimum absolute atomic E-state index is 0.0187. The molecule has 1 saturated heterocycles. The van der Waals surface area contributed by atoms with Gasteiger partial charge < -0.3 is 15.2 Å². The standard InChI is InChI=1S/C9H19NO2/c1-8(2,3)9(7-11)6-10-4-5-12-9/h10-11H,4-7H2,1-3H3. The van der Waals surface area contributed by atoms with Gasteiger partial charge in [0.15, 0.2) is 0 Å². The molecule has 0 aromatic heterocycles. The highest BCUT2D eigenvalue weighted by molar-refractivity contribution is 4.95. The maximum absolute atomic E-state index is 9.31. The second kappa shape index (κ2) is 3.32. The number of nitrogens with one attached hydrogen (secondary N) is 1. The second-order valence-corrected chi connectivity index (χ2v) is 4.43. The summed E-state index contributed by atoms with van der Waals surface area (Å²) in [5.74, 6) is 0. The Bertz CT molecular complexity index is 145. The predicted octanol–water partition coefficient (Wildman–Crippen LogP) is 0.383. The van der Waals surface area contributed by atoms with Gasteiger partial charge in [0, 0.05) is 13.1 Å². The number of aliphatic hydroxyl groups is 1. The van der Waals surface area contributed by atoms with E-state index >= 15 is 0 Å². The maximum Gasteiger partial charge on any atom is 0.108 e. The Morgan fingerprint density at radius 3 is 2.42 bits per heavy atom. The summed E-state index contributed by atoms with van der Waals surface area (Å²) in [6.07, 6.45) is 0. The van der Waals surface area contributed by atoms with Gasteiger partial charge in [-0.05, 0) is 5.41 Å². The van der Waals surface area contributed by atoms with E-state index in [2.05, 4.69) is 26.1 Å². The molecule has 1 unspecified atom stereocenters.